The van der Waals surface area contributed by atoms with Crippen LogP contribution in [0.5, 0.6) is 0 Å². The van der Waals surface area contributed by atoms with E-state index in [1.807, 2.05) is 9.80 Å². The van der Waals surface area contributed by atoms with Crippen LogP contribution in [-0.4, -0.2) is 60.9 Å². The van der Waals surface area contributed by atoms with Crippen LogP contribution in [0.3, 0.4) is 0 Å². The summed E-state index contributed by atoms with van der Waals surface area (Å²) in [6.07, 6.45) is 1.65. The van der Waals surface area contributed by atoms with Crippen LogP contribution in [0, 0.1) is 5.92 Å². The molecule has 0 aliphatic carbocycles. The SMILES string of the molecule is CCCN1CCC(C(=O)N2CCNCC2)C1=O. The van der Waals surface area contributed by atoms with Crippen LogP contribution in [0.25, 0.3) is 0 Å². The highest BCUT2D eigenvalue weighted by Gasteiger charge is 2.38. The number of hydrogen-bond donors (Lipinski definition) is 1. The standard InChI is InChI=1S/C12H21N3O2/c1-2-6-14-7-3-10(11(14)16)12(17)15-8-4-13-5-9-15/h10,13H,2-9H2,1H3. The zero-order chi connectivity index (χ0) is 12.3. The highest BCUT2D eigenvalue weighted by Crippen LogP contribution is 2.20. The second-order valence-electron chi connectivity index (χ2n) is 4.74. The highest BCUT2D eigenvalue weighted by atomic mass is 16.2. The Morgan fingerprint density at radius 2 is 2.06 bits per heavy atom. The van der Waals surface area contributed by atoms with Crippen LogP contribution >= 0.6 is 0 Å². The van der Waals surface area contributed by atoms with Crippen LogP contribution < -0.4 is 5.32 Å². The molecule has 96 valence electrons. The summed E-state index contributed by atoms with van der Waals surface area (Å²) in [5, 5.41) is 3.21. The molecule has 2 fully saturated rings. The monoisotopic (exact) mass is 239 g/mol. The Kier molecular flexibility index (Phi) is 3.99. The van der Waals surface area contributed by atoms with Gasteiger partial charge in [-0.2, -0.15) is 0 Å². The molecule has 1 N–H and O–H groups in total. The molecule has 0 aromatic rings. The first-order valence-electron chi connectivity index (χ1n) is 6.52. The smallest absolute Gasteiger partial charge is 0.235 e. The van der Waals surface area contributed by atoms with Crippen LogP contribution in [0.4, 0.5) is 0 Å². The Bertz CT molecular complexity index is 300. The number of piperazine rings is 1. The first-order chi connectivity index (χ1) is 8.24. The summed E-state index contributed by atoms with van der Waals surface area (Å²) >= 11 is 0. The first kappa shape index (κ1) is 12.4. The molecule has 2 heterocycles. The molecule has 2 aliphatic rings. The fraction of sp³-hybridized carbons (Fsp3) is 0.833. The average molecular weight is 239 g/mol. The minimum absolute atomic E-state index is 0.0371. The molecule has 2 rings (SSSR count). The van der Waals surface area contributed by atoms with Gasteiger partial charge in [-0.3, -0.25) is 9.59 Å². The molecule has 1 unspecified atom stereocenters. The zero-order valence-electron chi connectivity index (χ0n) is 10.4. The summed E-state index contributed by atoms with van der Waals surface area (Å²) in [5.41, 5.74) is 0. The molecule has 17 heavy (non-hydrogen) atoms. The molecule has 2 aliphatic heterocycles. The topological polar surface area (TPSA) is 52.7 Å². The van der Waals surface area contributed by atoms with Crippen molar-refractivity contribution in [2.45, 2.75) is 19.8 Å². The lowest BCUT2D eigenvalue weighted by Crippen LogP contribution is -2.49. The van der Waals surface area contributed by atoms with Crippen molar-refractivity contribution in [3.8, 4) is 0 Å². The van der Waals surface area contributed by atoms with Gasteiger partial charge >= 0.3 is 0 Å². The Morgan fingerprint density at radius 3 is 2.71 bits per heavy atom. The number of nitrogens with one attached hydrogen (secondary N) is 1. The third kappa shape index (κ3) is 2.60. The quantitative estimate of drug-likeness (QED) is 0.687. The third-order valence-corrected chi connectivity index (χ3v) is 3.52. The van der Waals surface area contributed by atoms with Gasteiger partial charge in [-0.25, -0.2) is 0 Å². The summed E-state index contributed by atoms with van der Waals surface area (Å²) in [5.74, 6) is -0.329. The zero-order valence-corrected chi connectivity index (χ0v) is 10.4. The van der Waals surface area contributed by atoms with E-state index in [1.54, 1.807) is 0 Å². The fourth-order valence-corrected chi connectivity index (χ4v) is 2.57. The summed E-state index contributed by atoms with van der Waals surface area (Å²) in [6, 6.07) is 0. The van der Waals surface area contributed by atoms with Gasteiger partial charge in [-0.05, 0) is 12.8 Å². The van der Waals surface area contributed by atoms with Crippen LogP contribution in [0.2, 0.25) is 0 Å². The maximum Gasteiger partial charge on any atom is 0.235 e. The lowest BCUT2D eigenvalue weighted by Gasteiger charge is -2.29. The second kappa shape index (κ2) is 5.49. The van der Waals surface area contributed by atoms with Crippen LogP contribution in [0.15, 0.2) is 0 Å². The van der Waals surface area contributed by atoms with Crippen molar-refractivity contribution in [3.05, 3.63) is 0 Å². The van der Waals surface area contributed by atoms with E-state index in [0.717, 1.165) is 45.7 Å². The molecule has 1 atom stereocenters. The Hall–Kier alpha value is -1.10. The molecule has 5 heteroatoms. The maximum absolute atomic E-state index is 12.2. The predicted molar refractivity (Wildman–Crippen MR) is 64.4 cm³/mol. The Balaban J connectivity index is 1.93. The molecule has 0 aromatic heterocycles. The Morgan fingerprint density at radius 1 is 1.35 bits per heavy atom. The molecule has 0 aromatic carbocycles. The van der Waals surface area contributed by atoms with Crippen molar-refractivity contribution in [1.29, 1.82) is 0 Å². The van der Waals surface area contributed by atoms with Gasteiger partial charge in [0.25, 0.3) is 0 Å². The van der Waals surface area contributed by atoms with Gasteiger partial charge < -0.3 is 15.1 Å². The molecule has 0 bridgehead atoms. The molecular weight excluding hydrogens is 218 g/mol. The van der Waals surface area contributed by atoms with Gasteiger partial charge in [0.1, 0.15) is 5.92 Å². The van der Waals surface area contributed by atoms with Crippen LogP contribution in [-0.2, 0) is 9.59 Å². The summed E-state index contributed by atoms with van der Waals surface area (Å²) in [7, 11) is 0. The molecule has 0 spiro atoms. The van der Waals surface area contributed by atoms with Gasteiger partial charge in [0.15, 0.2) is 0 Å². The lowest BCUT2D eigenvalue weighted by molar-refractivity contribution is -0.143. The van der Waals surface area contributed by atoms with Gasteiger partial charge in [0, 0.05) is 39.3 Å². The first-order valence-corrected chi connectivity index (χ1v) is 6.52. The fourth-order valence-electron chi connectivity index (χ4n) is 2.57. The largest absolute Gasteiger partial charge is 0.342 e. The molecular formula is C12H21N3O2. The van der Waals surface area contributed by atoms with Crippen molar-refractivity contribution in [1.82, 2.24) is 15.1 Å². The number of nitrogens with zero attached hydrogens (tertiary/aromatic N) is 2. The summed E-state index contributed by atoms with van der Waals surface area (Å²) < 4.78 is 0. The van der Waals surface area contributed by atoms with E-state index in [0.29, 0.717) is 6.42 Å². The molecule has 5 nitrogen and oxygen atoms in total. The van der Waals surface area contributed by atoms with E-state index in [9.17, 15) is 9.59 Å². The molecule has 2 saturated heterocycles. The highest BCUT2D eigenvalue weighted by molar-refractivity contribution is 6.01. The average Bonchev–Trinajstić information content (AvgIpc) is 2.72. The number of likely N-dealkylation sites (tertiary alicyclic amines) is 1. The summed E-state index contributed by atoms with van der Waals surface area (Å²) in [6.45, 7) is 6.72. The van der Waals surface area contributed by atoms with Crippen molar-refractivity contribution in [2.75, 3.05) is 39.3 Å². The van der Waals surface area contributed by atoms with E-state index >= 15 is 0 Å². The predicted octanol–water partition coefficient (Wildman–Crippen LogP) is -0.323. The van der Waals surface area contributed by atoms with Gasteiger partial charge in [0.2, 0.25) is 11.8 Å². The van der Waals surface area contributed by atoms with Gasteiger partial charge in [-0.15, -0.1) is 0 Å². The maximum atomic E-state index is 12.2. The Labute approximate surface area is 102 Å². The van der Waals surface area contributed by atoms with Crippen molar-refractivity contribution >= 4 is 11.8 Å². The molecule has 0 saturated carbocycles. The van der Waals surface area contributed by atoms with E-state index < -0.39 is 5.92 Å². The van der Waals surface area contributed by atoms with Gasteiger partial charge in [0.05, 0.1) is 0 Å². The molecule has 0 radical (unpaired) electrons. The third-order valence-electron chi connectivity index (χ3n) is 3.52. The number of hydrogen-bond acceptors (Lipinski definition) is 3. The summed E-state index contributed by atoms with van der Waals surface area (Å²) in [4.78, 5) is 27.9. The van der Waals surface area contributed by atoms with E-state index in [4.69, 9.17) is 0 Å². The number of carbonyl (C=O) groups is 2. The number of amides is 2. The van der Waals surface area contributed by atoms with E-state index in [2.05, 4.69) is 12.2 Å². The normalized spacial score (nSPS) is 25.5. The van der Waals surface area contributed by atoms with E-state index in [1.165, 1.54) is 0 Å². The number of carbonyl (C=O) groups excluding carboxylic acids is 2. The lowest BCUT2D eigenvalue weighted by atomic mass is 10.1. The van der Waals surface area contributed by atoms with Gasteiger partial charge in [-0.1, -0.05) is 6.92 Å². The molecule has 2 amide bonds. The minimum Gasteiger partial charge on any atom is -0.342 e. The van der Waals surface area contributed by atoms with Crippen molar-refractivity contribution < 1.29 is 9.59 Å². The minimum atomic E-state index is -0.403. The van der Waals surface area contributed by atoms with Crippen molar-refractivity contribution in [3.63, 3.8) is 0 Å². The van der Waals surface area contributed by atoms with E-state index in [-0.39, 0.29) is 11.8 Å². The number of rotatable bonds is 3. The second-order valence-corrected chi connectivity index (χ2v) is 4.74. The van der Waals surface area contributed by atoms with Crippen molar-refractivity contribution in [2.24, 2.45) is 5.92 Å². The van der Waals surface area contributed by atoms with Crippen LogP contribution in [0.1, 0.15) is 19.8 Å².